The number of rotatable bonds is 11. The Hall–Kier alpha value is -5.12. The van der Waals surface area contributed by atoms with Gasteiger partial charge in [0.25, 0.3) is 0 Å². The van der Waals surface area contributed by atoms with Gasteiger partial charge >= 0.3 is 6.03 Å². The van der Waals surface area contributed by atoms with Gasteiger partial charge in [-0.25, -0.2) is 23.2 Å². The van der Waals surface area contributed by atoms with Crippen molar-refractivity contribution < 1.29 is 32.5 Å². The monoisotopic (exact) mass is 771 g/mol. The molecule has 0 spiro atoms. The Bertz CT molecular complexity index is 2040. The average molecular weight is 772 g/mol. The van der Waals surface area contributed by atoms with Crippen molar-refractivity contribution >= 4 is 35.7 Å². The Morgan fingerprint density at radius 2 is 1.65 bits per heavy atom. The van der Waals surface area contributed by atoms with E-state index >= 15 is 0 Å². The van der Waals surface area contributed by atoms with Crippen LogP contribution in [0.1, 0.15) is 19.4 Å². The van der Waals surface area contributed by atoms with Crippen molar-refractivity contribution in [1.82, 2.24) is 19.7 Å². The van der Waals surface area contributed by atoms with Crippen LogP contribution in [-0.2, 0) is 26.4 Å². The van der Waals surface area contributed by atoms with Gasteiger partial charge in [-0.3, -0.25) is 4.90 Å². The van der Waals surface area contributed by atoms with Gasteiger partial charge in [-0.15, -0.1) is 12.6 Å². The van der Waals surface area contributed by atoms with Gasteiger partial charge in [0.05, 0.1) is 26.0 Å². The first-order valence-electron chi connectivity index (χ1n) is 18.3. The predicted octanol–water partition coefficient (Wildman–Crippen LogP) is 5.98. The normalized spacial score (nSPS) is 24.1. The number of anilines is 3. The maximum Gasteiger partial charge on any atom is 0.326 e. The molecule has 12 nitrogen and oxygen atoms in total. The number of carbonyl (C=O) groups excluding carboxylic acids is 1. The minimum absolute atomic E-state index is 0.0251. The molecule has 4 aromatic rings. The van der Waals surface area contributed by atoms with Crippen molar-refractivity contribution in [1.29, 1.82) is 0 Å². The Balaban J connectivity index is 0.848. The fraction of sp³-hybridized carbons (Fsp3) is 0.375. The van der Waals surface area contributed by atoms with Crippen LogP contribution in [0.15, 0.2) is 103 Å². The molecule has 288 valence electrons. The first kappa shape index (κ1) is 36.8. The lowest BCUT2D eigenvalue weighted by atomic mass is 9.94. The van der Waals surface area contributed by atoms with Crippen LogP contribution in [0.4, 0.5) is 30.6 Å². The molecule has 0 saturated carbocycles. The maximum absolute atomic E-state index is 15.0. The number of allylic oxidation sites excluding steroid dienone is 2. The van der Waals surface area contributed by atoms with Gasteiger partial charge < -0.3 is 33.6 Å². The quantitative estimate of drug-likeness (QED) is 0.185. The summed E-state index contributed by atoms with van der Waals surface area (Å²) in [5.41, 5.74) is 2.92. The number of amides is 2. The highest BCUT2D eigenvalue weighted by molar-refractivity contribution is 7.82. The third-order valence-corrected chi connectivity index (χ3v) is 11.2. The van der Waals surface area contributed by atoms with Gasteiger partial charge in [-0.2, -0.15) is 5.10 Å². The van der Waals surface area contributed by atoms with Crippen molar-refractivity contribution in [3.8, 4) is 5.75 Å². The molecule has 4 aliphatic rings. The molecule has 15 heteroatoms. The fourth-order valence-corrected chi connectivity index (χ4v) is 8.36. The van der Waals surface area contributed by atoms with Crippen LogP contribution in [0, 0.1) is 11.6 Å². The lowest BCUT2D eigenvalue weighted by Crippen LogP contribution is -2.49. The lowest BCUT2D eigenvalue weighted by Gasteiger charge is -2.37. The predicted molar refractivity (Wildman–Crippen MR) is 206 cm³/mol. The second-order valence-electron chi connectivity index (χ2n) is 14.3. The number of ether oxygens (including phenoxy) is 4. The molecular weight excluding hydrogens is 729 g/mol. The summed E-state index contributed by atoms with van der Waals surface area (Å²) in [6.07, 6.45) is 7.59. The van der Waals surface area contributed by atoms with Crippen LogP contribution >= 0.6 is 12.6 Å². The summed E-state index contributed by atoms with van der Waals surface area (Å²) in [5.74, 6) is -0.762. The number of halogens is 2. The number of piperazine rings is 1. The molecule has 2 amide bonds. The first-order chi connectivity index (χ1) is 26.6. The molecule has 8 rings (SSSR count). The van der Waals surface area contributed by atoms with E-state index in [2.05, 4.69) is 32.0 Å². The zero-order chi connectivity index (χ0) is 38.2. The van der Waals surface area contributed by atoms with Gasteiger partial charge in [0, 0.05) is 66.5 Å². The van der Waals surface area contributed by atoms with Gasteiger partial charge in [0.1, 0.15) is 53.7 Å². The molecule has 1 unspecified atom stereocenters. The summed E-state index contributed by atoms with van der Waals surface area (Å²) in [7, 11) is 0. The summed E-state index contributed by atoms with van der Waals surface area (Å²) in [6, 6.07) is 19.4. The highest BCUT2D eigenvalue weighted by Crippen LogP contribution is 2.42. The zero-order valence-electron chi connectivity index (χ0n) is 30.6. The number of urea groups is 1. The number of hydrogen-bond acceptors (Lipinski definition) is 10. The second-order valence-corrected chi connectivity index (χ2v) is 15.1. The molecule has 0 bridgehead atoms. The van der Waals surface area contributed by atoms with E-state index in [9.17, 15) is 13.6 Å². The summed E-state index contributed by atoms with van der Waals surface area (Å²) in [6.45, 7) is 8.41. The Morgan fingerprint density at radius 1 is 0.964 bits per heavy atom. The van der Waals surface area contributed by atoms with E-state index in [1.165, 1.54) is 29.5 Å². The Kier molecular flexibility index (Phi) is 10.2. The van der Waals surface area contributed by atoms with Crippen LogP contribution in [0.5, 0.6) is 5.75 Å². The maximum atomic E-state index is 15.0. The summed E-state index contributed by atoms with van der Waals surface area (Å²) >= 11 is 5.07. The molecule has 3 atom stereocenters. The average Bonchev–Trinajstić information content (AvgIpc) is 3.93. The van der Waals surface area contributed by atoms with Crippen molar-refractivity contribution in [2.75, 3.05) is 67.2 Å². The van der Waals surface area contributed by atoms with E-state index < -0.39 is 28.4 Å². The molecule has 0 N–H and O–H groups in total. The fourth-order valence-electron chi connectivity index (χ4n) is 7.76. The van der Waals surface area contributed by atoms with E-state index in [-0.39, 0.29) is 37.4 Å². The van der Waals surface area contributed by atoms with E-state index in [4.69, 9.17) is 31.6 Å². The molecule has 3 saturated heterocycles. The van der Waals surface area contributed by atoms with Crippen molar-refractivity contribution in [2.45, 2.75) is 43.2 Å². The lowest BCUT2D eigenvalue weighted by molar-refractivity contribution is -0.117. The van der Waals surface area contributed by atoms with Gasteiger partial charge in [0.2, 0.25) is 0 Å². The zero-order valence-corrected chi connectivity index (χ0v) is 31.5. The summed E-state index contributed by atoms with van der Waals surface area (Å²) < 4.78 is 54.0. The third-order valence-electron chi connectivity index (χ3n) is 10.5. The smallest absolute Gasteiger partial charge is 0.326 e. The second kappa shape index (κ2) is 15.2. The van der Waals surface area contributed by atoms with Gasteiger partial charge in [0.15, 0.2) is 6.29 Å². The van der Waals surface area contributed by atoms with Crippen LogP contribution in [0.3, 0.4) is 0 Å². The minimum Gasteiger partial charge on any atom is -0.497 e. The Labute approximate surface area is 323 Å². The van der Waals surface area contributed by atoms with E-state index in [0.717, 1.165) is 54.9 Å². The van der Waals surface area contributed by atoms with E-state index in [0.29, 0.717) is 18.9 Å². The standard InChI is InChI=1S/C40H43F2N7O5S/c1-28(2)49-38(50)48(24-40(49,55)29-4-3-19-51-21-29)33-8-6-31(7-9-33)45-15-17-46(18-16-45)32-10-12-34(13-11-32)52-22-37-53-25-39(54-37,23-47-27-43-26-44-47)35-14-5-30(41)20-36(35)42/h3-14,19-20,26-28,37,55H,15-18,21-25H2,1-2H3/t37-,39+,40?/m0/s1. The number of carbonyl (C=O) groups is 1. The minimum atomic E-state index is -1.24. The molecule has 5 heterocycles. The van der Waals surface area contributed by atoms with Crippen molar-refractivity contribution in [3.05, 3.63) is 121 Å². The van der Waals surface area contributed by atoms with Gasteiger partial charge in [-0.1, -0.05) is 12.1 Å². The molecule has 3 aromatic carbocycles. The van der Waals surface area contributed by atoms with Gasteiger partial charge in [-0.05, 0) is 74.5 Å². The van der Waals surface area contributed by atoms with E-state index in [1.807, 2.05) is 67.3 Å². The highest BCUT2D eigenvalue weighted by atomic mass is 32.1. The SMILES string of the molecule is CC(C)N1C(=O)N(c2ccc(N3CCN(c4ccc(OC[C@H]5OC[C@](Cn6cncn6)(c6ccc(F)cc6F)O5)cc4)CC3)cc2)CC1(S)C1=CC=COC1. The number of hydrogen-bond donors (Lipinski definition) is 1. The largest absolute Gasteiger partial charge is 0.497 e. The number of aromatic nitrogens is 3. The third kappa shape index (κ3) is 7.35. The number of thiol groups is 1. The molecule has 55 heavy (non-hydrogen) atoms. The molecular formula is C40H43F2N7O5S. The number of nitrogens with zero attached hydrogens (tertiary/aromatic N) is 7. The van der Waals surface area contributed by atoms with Crippen molar-refractivity contribution in [3.63, 3.8) is 0 Å². The molecule has 3 fully saturated rings. The summed E-state index contributed by atoms with van der Waals surface area (Å²) in [4.78, 5) is 25.2. The van der Waals surface area contributed by atoms with Crippen LogP contribution in [0.2, 0.25) is 0 Å². The first-order valence-corrected chi connectivity index (χ1v) is 18.8. The molecule has 0 radical (unpaired) electrons. The molecule has 4 aliphatic heterocycles. The molecule has 0 aliphatic carbocycles. The van der Waals surface area contributed by atoms with E-state index in [1.54, 1.807) is 11.2 Å². The highest BCUT2D eigenvalue weighted by Gasteiger charge is 2.51. The topological polar surface area (TPSA) is 97.7 Å². The number of benzene rings is 3. The van der Waals surface area contributed by atoms with Crippen molar-refractivity contribution in [2.24, 2.45) is 0 Å². The molecule has 1 aromatic heterocycles. The van der Waals surface area contributed by atoms with Crippen LogP contribution < -0.4 is 19.4 Å². The Morgan fingerprint density at radius 3 is 2.27 bits per heavy atom. The van der Waals surface area contributed by atoms with Crippen LogP contribution in [-0.4, -0.2) is 95.4 Å². The van der Waals surface area contributed by atoms with Crippen LogP contribution in [0.25, 0.3) is 0 Å². The summed E-state index contributed by atoms with van der Waals surface area (Å²) in [5, 5.41) is 4.14.